The predicted molar refractivity (Wildman–Crippen MR) is 73.1 cm³/mol. The first-order chi connectivity index (χ1) is 10.9. The van der Waals surface area contributed by atoms with Crippen LogP contribution in [0.2, 0.25) is 0 Å². The SMILES string of the molecule is COc1ccc(NC(=O)c2c(F)c(F)cc(F)c2F)cc1CO. The van der Waals surface area contributed by atoms with Crippen LogP contribution < -0.4 is 10.1 Å². The highest BCUT2D eigenvalue weighted by atomic mass is 19.2. The van der Waals surface area contributed by atoms with Gasteiger partial charge in [-0.15, -0.1) is 0 Å². The largest absolute Gasteiger partial charge is 0.496 e. The van der Waals surface area contributed by atoms with Crippen LogP contribution in [0.15, 0.2) is 24.3 Å². The molecule has 1 amide bonds. The second kappa shape index (κ2) is 6.66. The van der Waals surface area contributed by atoms with Gasteiger partial charge in [-0.1, -0.05) is 0 Å². The maximum atomic E-state index is 13.6. The lowest BCUT2D eigenvalue weighted by atomic mass is 10.1. The van der Waals surface area contributed by atoms with Gasteiger partial charge in [-0.2, -0.15) is 0 Å². The second-order valence-electron chi connectivity index (χ2n) is 4.48. The van der Waals surface area contributed by atoms with E-state index in [1.807, 2.05) is 0 Å². The second-order valence-corrected chi connectivity index (χ2v) is 4.48. The van der Waals surface area contributed by atoms with Gasteiger partial charge in [0.15, 0.2) is 23.3 Å². The Kier molecular flexibility index (Phi) is 4.85. The zero-order valence-corrected chi connectivity index (χ0v) is 11.8. The first-order valence-corrected chi connectivity index (χ1v) is 6.31. The number of methoxy groups -OCH3 is 1. The molecule has 122 valence electrons. The molecule has 0 unspecified atom stereocenters. The zero-order valence-electron chi connectivity index (χ0n) is 11.8. The average Bonchev–Trinajstić information content (AvgIpc) is 2.53. The summed E-state index contributed by atoms with van der Waals surface area (Å²) in [5, 5.41) is 11.3. The molecule has 2 aromatic carbocycles. The number of ether oxygens (including phenoxy) is 1. The van der Waals surface area contributed by atoms with Crippen molar-refractivity contribution >= 4 is 11.6 Å². The number of aliphatic hydroxyl groups is 1. The molecule has 23 heavy (non-hydrogen) atoms. The zero-order chi connectivity index (χ0) is 17.1. The van der Waals surface area contributed by atoms with Crippen molar-refractivity contribution in [1.82, 2.24) is 0 Å². The molecule has 0 aliphatic carbocycles. The minimum Gasteiger partial charge on any atom is -0.496 e. The number of amides is 1. The van der Waals surface area contributed by atoms with Gasteiger partial charge in [0.2, 0.25) is 0 Å². The maximum absolute atomic E-state index is 13.6. The summed E-state index contributed by atoms with van der Waals surface area (Å²) >= 11 is 0. The molecule has 0 spiro atoms. The third-order valence-corrected chi connectivity index (χ3v) is 3.05. The number of rotatable bonds is 4. The van der Waals surface area contributed by atoms with Crippen LogP contribution in [0, 0.1) is 23.3 Å². The van der Waals surface area contributed by atoms with Crippen LogP contribution in [-0.2, 0) is 6.61 Å². The molecule has 0 saturated carbocycles. The Hall–Kier alpha value is -2.61. The average molecular weight is 329 g/mol. The molecular formula is C15H11F4NO3. The van der Waals surface area contributed by atoms with Crippen LogP contribution in [0.25, 0.3) is 0 Å². The van der Waals surface area contributed by atoms with Crippen molar-refractivity contribution in [3.05, 3.63) is 58.7 Å². The van der Waals surface area contributed by atoms with Crippen LogP contribution in [0.5, 0.6) is 5.75 Å². The number of anilines is 1. The predicted octanol–water partition coefficient (Wildman–Crippen LogP) is 3.00. The molecule has 0 fully saturated rings. The molecule has 0 radical (unpaired) electrons. The van der Waals surface area contributed by atoms with Crippen LogP contribution in [-0.4, -0.2) is 18.1 Å². The van der Waals surface area contributed by atoms with Gasteiger partial charge in [0.05, 0.1) is 13.7 Å². The molecule has 2 rings (SSSR count). The van der Waals surface area contributed by atoms with E-state index in [0.717, 1.165) is 0 Å². The van der Waals surface area contributed by atoms with E-state index in [-0.39, 0.29) is 11.8 Å². The Balaban J connectivity index is 2.37. The highest BCUT2D eigenvalue weighted by Gasteiger charge is 2.25. The Labute approximate surface area is 128 Å². The third-order valence-electron chi connectivity index (χ3n) is 3.05. The van der Waals surface area contributed by atoms with Crippen LogP contribution in [0.1, 0.15) is 15.9 Å². The van der Waals surface area contributed by atoms with Gasteiger partial charge in [0, 0.05) is 17.3 Å². The summed E-state index contributed by atoms with van der Waals surface area (Å²) in [4.78, 5) is 11.9. The number of aliphatic hydroxyl groups excluding tert-OH is 1. The molecule has 0 aliphatic heterocycles. The Morgan fingerprint density at radius 3 is 2.26 bits per heavy atom. The quantitative estimate of drug-likeness (QED) is 0.670. The molecule has 0 aromatic heterocycles. The number of carbonyl (C=O) groups is 1. The number of carbonyl (C=O) groups excluding carboxylic acids is 1. The van der Waals surface area contributed by atoms with Gasteiger partial charge < -0.3 is 15.2 Å². The fourth-order valence-electron chi connectivity index (χ4n) is 1.95. The monoisotopic (exact) mass is 329 g/mol. The first-order valence-electron chi connectivity index (χ1n) is 6.31. The van der Waals surface area contributed by atoms with Gasteiger partial charge >= 0.3 is 0 Å². The summed E-state index contributed by atoms with van der Waals surface area (Å²) in [5.41, 5.74) is -1.01. The lowest BCUT2D eigenvalue weighted by Crippen LogP contribution is -2.18. The molecule has 2 aromatic rings. The molecule has 0 bridgehead atoms. The summed E-state index contributed by atoms with van der Waals surface area (Å²) in [7, 11) is 1.37. The van der Waals surface area contributed by atoms with E-state index in [9.17, 15) is 27.5 Å². The smallest absolute Gasteiger partial charge is 0.261 e. The Morgan fingerprint density at radius 1 is 1.13 bits per heavy atom. The van der Waals surface area contributed by atoms with Gasteiger partial charge in [0.1, 0.15) is 11.3 Å². The summed E-state index contributed by atoms with van der Waals surface area (Å²) < 4.78 is 58.3. The minimum absolute atomic E-state index is 0.0126. The number of hydrogen-bond acceptors (Lipinski definition) is 3. The molecule has 0 heterocycles. The van der Waals surface area contributed by atoms with Crippen LogP contribution >= 0.6 is 0 Å². The van der Waals surface area contributed by atoms with Crippen molar-refractivity contribution in [3.63, 3.8) is 0 Å². The minimum atomic E-state index is -1.79. The number of hydrogen-bond donors (Lipinski definition) is 2. The Morgan fingerprint density at radius 2 is 1.74 bits per heavy atom. The fraction of sp³-hybridized carbons (Fsp3) is 0.133. The van der Waals surface area contributed by atoms with E-state index in [1.165, 1.54) is 25.3 Å². The highest BCUT2D eigenvalue weighted by Crippen LogP contribution is 2.24. The molecule has 0 saturated heterocycles. The molecule has 8 heteroatoms. The lowest BCUT2D eigenvalue weighted by molar-refractivity contribution is 0.101. The fourth-order valence-corrected chi connectivity index (χ4v) is 1.95. The normalized spacial score (nSPS) is 10.5. The summed E-state index contributed by atoms with van der Waals surface area (Å²) in [5.74, 6) is -7.98. The highest BCUT2D eigenvalue weighted by molar-refractivity contribution is 6.04. The number of halogens is 4. The standard InChI is InChI=1S/C15H11F4NO3/c1-23-11-3-2-8(4-7(11)6-21)20-15(22)12-13(18)9(16)5-10(17)14(12)19/h2-5,21H,6H2,1H3,(H,20,22). The summed E-state index contributed by atoms with van der Waals surface area (Å²) in [6.07, 6.45) is 0. The van der Waals surface area contributed by atoms with Crippen molar-refractivity contribution in [1.29, 1.82) is 0 Å². The van der Waals surface area contributed by atoms with Crippen molar-refractivity contribution < 1.29 is 32.2 Å². The van der Waals surface area contributed by atoms with Crippen molar-refractivity contribution in [2.75, 3.05) is 12.4 Å². The van der Waals surface area contributed by atoms with Gasteiger partial charge in [-0.05, 0) is 18.2 Å². The van der Waals surface area contributed by atoms with E-state index in [2.05, 4.69) is 5.32 Å². The molecule has 4 nitrogen and oxygen atoms in total. The topological polar surface area (TPSA) is 58.6 Å². The van der Waals surface area contributed by atoms with E-state index >= 15 is 0 Å². The molecule has 0 atom stereocenters. The van der Waals surface area contributed by atoms with Gasteiger partial charge in [0.25, 0.3) is 5.91 Å². The van der Waals surface area contributed by atoms with Crippen LogP contribution in [0.4, 0.5) is 23.2 Å². The maximum Gasteiger partial charge on any atom is 0.261 e. The van der Waals surface area contributed by atoms with E-state index in [4.69, 9.17) is 4.74 Å². The Bertz CT molecular complexity index is 739. The van der Waals surface area contributed by atoms with Crippen molar-refractivity contribution in [3.8, 4) is 5.75 Å². The molecule has 0 aliphatic rings. The van der Waals surface area contributed by atoms with E-state index in [0.29, 0.717) is 11.3 Å². The van der Waals surface area contributed by atoms with Crippen molar-refractivity contribution in [2.45, 2.75) is 6.61 Å². The number of nitrogens with one attached hydrogen (secondary N) is 1. The van der Waals surface area contributed by atoms with Gasteiger partial charge in [-0.25, -0.2) is 17.6 Å². The lowest BCUT2D eigenvalue weighted by Gasteiger charge is -2.11. The van der Waals surface area contributed by atoms with E-state index in [1.54, 1.807) is 0 Å². The summed E-state index contributed by atoms with van der Waals surface area (Å²) in [6.45, 7) is -0.413. The summed E-state index contributed by atoms with van der Waals surface area (Å²) in [6, 6.07) is 4.04. The third kappa shape index (κ3) is 3.26. The number of benzene rings is 2. The first kappa shape index (κ1) is 16.8. The molecule has 2 N–H and O–H groups in total. The van der Waals surface area contributed by atoms with Crippen molar-refractivity contribution in [2.24, 2.45) is 0 Å². The van der Waals surface area contributed by atoms with Crippen LogP contribution in [0.3, 0.4) is 0 Å². The van der Waals surface area contributed by atoms with Gasteiger partial charge in [-0.3, -0.25) is 4.79 Å². The van der Waals surface area contributed by atoms with E-state index < -0.39 is 41.3 Å². The molecular weight excluding hydrogens is 318 g/mol.